The van der Waals surface area contributed by atoms with E-state index in [1.165, 1.54) is 25.3 Å². The van der Waals surface area contributed by atoms with Gasteiger partial charge in [0, 0.05) is 16.7 Å². The van der Waals surface area contributed by atoms with Crippen molar-refractivity contribution < 1.29 is 34.0 Å². The molecule has 2 aromatic rings. The smallest absolute Gasteiger partial charge is 0.310 e. The molecule has 0 bridgehead atoms. The molecule has 0 radical (unpaired) electrons. The molecule has 0 amide bonds. The second-order valence-corrected chi connectivity index (χ2v) is 6.49. The Kier molecular flexibility index (Phi) is 3.76. The number of ketones is 1. The highest BCUT2D eigenvalue weighted by molar-refractivity contribution is 6.09. The van der Waals surface area contributed by atoms with Crippen molar-refractivity contribution in [2.45, 2.75) is 24.7 Å². The molecule has 2 N–H and O–H groups in total. The van der Waals surface area contributed by atoms with Crippen LogP contribution < -0.4 is 9.47 Å². The summed E-state index contributed by atoms with van der Waals surface area (Å²) in [5.74, 6) is -3.12. The second-order valence-electron chi connectivity index (χ2n) is 6.49. The molecule has 1 heterocycles. The van der Waals surface area contributed by atoms with Crippen molar-refractivity contribution >= 4 is 11.8 Å². The zero-order valence-corrected chi connectivity index (χ0v) is 14.8. The van der Waals surface area contributed by atoms with Gasteiger partial charge >= 0.3 is 5.97 Å². The molecule has 2 unspecified atom stereocenters. The van der Waals surface area contributed by atoms with Gasteiger partial charge in [-0.3, -0.25) is 9.59 Å². The summed E-state index contributed by atoms with van der Waals surface area (Å²) in [5, 5.41) is 22.5. The molecule has 7 heteroatoms. The van der Waals surface area contributed by atoms with Gasteiger partial charge in [0.1, 0.15) is 0 Å². The lowest BCUT2D eigenvalue weighted by Crippen LogP contribution is -2.48. The van der Waals surface area contributed by atoms with E-state index in [0.29, 0.717) is 5.56 Å². The van der Waals surface area contributed by atoms with E-state index in [9.17, 15) is 19.8 Å². The Bertz CT molecular complexity index is 967. The maximum Gasteiger partial charge on any atom is 0.310 e. The van der Waals surface area contributed by atoms with Gasteiger partial charge in [0.05, 0.1) is 20.1 Å². The Morgan fingerprint density at radius 3 is 2.63 bits per heavy atom. The van der Waals surface area contributed by atoms with Gasteiger partial charge in [0.25, 0.3) is 5.79 Å². The number of esters is 1. The van der Waals surface area contributed by atoms with E-state index in [2.05, 4.69) is 0 Å². The van der Waals surface area contributed by atoms with Gasteiger partial charge in [0.15, 0.2) is 11.5 Å². The number of hydrogen-bond donors (Lipinski definition) is 2. The number of Topliss-reactive ketones (excluding diaryl/α,β-unsaturated/α-hetero) is 1. The van der Waals surface area contributed by atoms with Crippen LogP contribution in [0.15, 0.2) is 36.4 Å². The number of aliphatic hydroxyl groups is 2. The van der Waals surface area contributed by atoms with Crippen molar-refractivity contribution in [3.8, 4) is 11.5 Å². The maximum atomic E-state index is 13.0. The van der Waals surface area contributed by atoms with Gasteiger partial charge in [-0.15, -0.1) is 0 Å². The van der Waals surface area contributed by atoms with Crippen LogP contribution in [0.3, 0.4) is 0 Å². The predicted octanol–water partition coefficient (Wildman–Crippen LogP) is 1.42. The molecule has 27 heavy (non-hydrogen) atoms. The number of benzene rings is 2. The first kappa shape index (κ1) is 17.5. The van der Waals surface area contributed by atoms with Gasteiger partial charge in [-0.2, -0.15) is 0 Å². The highest BCUT2D eigenvalue weighted by Crippen LogP contribution is 2.60. The lowest BCUT2D eigenvalue weighted by atomic mass is 9.86. The van der Waals surface area contributed by atoms with E-state index in [4.69, 9.17) is 14.2 Å². The van der Waals surface area contributed by atoms with Crippen molar-refractivity contribution in [2.75, 3.05) is 13.7 Å². The van der Waals surface area contributed by atoms with Crippen LogP contribution in [0, 0.1) is 0 Å². The Morgan fingerprint density at radius 2 is 1.93 bits per heavy atom. The van der Waals surface area contributed by atoms with Crippen molar-refractivity contribution in [2.24, 2.45) is 0 Å². The lowest BCUT2D eigenvalue weighted by Gasteiger charge is -2.28. The first-order valence-electron chi connectivity index (χ1n) is 8.52. The monoisotopic (exact) mass is 370 g/mol. The highest BCUT2D eigenvalue weighted by Gasteiger charge is 2.71. The zero-order valence-electron chi connectivity index (χ0n) is 14.8. The van der Waals surface area contributed by atoms with E-state index in [0.717, 1.165) is 0 Å². The number of carbonyl (C=O) groups excluding carboxylic acids is 2. The van der Waals surface area contributed by atoms with E-state index in [1.807, 2.05) is 0 Å². The quantitative estimate of drug-likeness (QED) is 0.785. The molecule has 0 aromatic heterocycles. The Morgan fingerprint density at radius 1 is 1.19 bits per heavy atom. The third-order valence-electron chi connectivity index (χ3n) is 4.98. The van der Waals surface area contributed by atoms with Crippen LogP contribution in [0.4, 0.5) is 0 Å². The summed E-state index contributed by atoms with van der Waals surface area (Å²) in [7, 11) is 1.39. The third kappa shape index (κ3) is 2.15. The fraction of sp³-hybridized carbons (Fsp3) is 0.300. The van der Waals surface area contributed by atoms with Crippen LogP contribution in [0.5, 0.6) is 11.5 Å². The Labute approximate surface area is 155 Å². The summed E-state index contributed by atoms with van der Waals surface area (Å²) in [6.45, 7) is 1.94. The SMILES string of the molecule is CCOC(=O)Cc1cc(OC)c2c(c1)C1(O)C(=O)c3ccccc3C1(O)O2. The molecule has 2 aliphatic rings. The molecular formula is C20H18O7. The molecule has 0 spiro atoms. The Hall–Kier alpha value is -2.90. The minimum absolute atomic E-state index is 0.0600. The molecule has 0 saturated heterocycles. The highest BCUT2D eigenvalue weighted by atomic mass is 16.7. The summed E-state index contributed by atoms with van der Waals surface area (Å²) in [6, 6.07) is 9.36. The molecule has 1 aliphatic heterocycles. The maximum absolute atomic E-state index is 13.0. The summed E-state index contributed by atoms with van der Waals surface area (Å²) in [5.41, 5.74) is -1.44. The molecule has 4 rings (SSSR count). The molecule has 0 fully saturated rings. The van der Waals surface area contributed by atoms with E-state index in [-0.39, 0.29) is 41.2 Å². The number of ether oxygens (including phenoxy) is 3. The molecule has 1 aliphatic carbocycles. The topological polar surface area (TPSA) is 102 Å². The molecule has 2 atom stereocenters. The van der Waals surface area contributed by atoms with Crippen LogP contribution >= 0.6 is 0 Å². The van der Waals surface area contributed by atoms with Crippen LogP contribution in [0.2, 0.25) is 0 Å². The summed E-state index contributed by atoms with van der Waals surface area (Å²) in [4.78, 5) is 24.8. The van der Waals surface area contributed by atoms with Gasteiger partial charge < -0.3 is 24.4 Å². The van der Waals surface area contributed by atoms with Crippen molar-refractivity contribution in [1.82, 2.24) is 0 Å². The van der Waals surface area contributed by atoms with Crippen LogP contribution in [-0.4, -0.2) is 35.7 Å². The summed E-state index contributed by atoms with van der Waals surface area (Å²) in [6.07, 6.45) is -0.0763. The van der Waals surface area contributed by atoms with Crippen molar-refractivity contribution in [3.05, 3.63) is 58.7 Å². The van der Waals surface area contributed by atoms with Gasteiger partial charge in [-0.1, -0.05) is 24.3 Å². The first-order valence-corrected chi connectivity index (χ1v) is 8.52. The first-order chi connectivity index (χ1) is 12.9. The van der Waals surface area contributed by atoms with E-state index in [1.54, 1.807) is 25.1 Å². The third-order valence-corrected chi connectivity index (χ3v) is 4.98. The average Bonchev–Trinajstić information content (AvgIpc) is 2.99. The summed E-state index contributed by atoms with van der Waals surface area (Å²) < 4.78 is 16.0. The standard InChI is InChI=1S/C20H18O7/c1-3-26-16(21)10-11-8-14-17(15(9-11)25-2)27-20(24)13-7-5-4-6-12(13)18(22)19(14,20)23/h4-9,23-24H,3,10H2,1-2H3. The molecule has 140 valence electrons. The molecular weight excluding hydrogens is 352 g/mol. The average molecular weight is 370 g/mol. The largest absolute Gasteiger partial charge is 0.493 e. The van der Waals surface area contributed by atoms with Gasteiger partial charge in [0.2, 0.25) is 11.4 Å². The van der Waals surface area contributed by atoms with Crippen molar-refractivity contribution in [3.63, 3.8) is 0 Å². The molecule has 0 saturated carbocycles. The van der Waals surface area contributed by atoms with Gasteiger partial charge in [-0.25, -0.2) is 0 Å². The van der Waals surface area contributed by atoms with E-state index >= 15 is 0 Å². The number of methoxy groups -OCH3 is 1. The number of hydrogen-bond acceptors (Lipinski definition) is 7. The summed E-state index contributed by atoms with van der Waals surface area (Å²) >= 11 is 0. The minimum Gasteiger partial charge on any atom is -0.493 e. The second kappa shape index (κ2) is 5.80. The van der Waals surface area contributed by atoms with Crippen LogP contribution in [0.25, 0.3) is 0 Å². The van der Waals surface area contributed by atoms with Crippen LogP contribution in [-0.2, 0) is 27.3 Å². The number of fused-ring (bicyclic) bond motifs is 5. The van der Waals surface area contributed by atoms with E-state index < -0.39 is 23.1 Å². The fourth-order valence-electron chi connectivity index (χ4n) is 3.77. The fourth-order valence-corrected chi connectivity index (χ4v) is 3.77. The minimum atomic E-state index is -2.33. The van der Waals surface area contributed by atoms with Crippen molar-refractivity contribution in [1.29, 1.82) is 0 Å². The lowest BCUT2D eigenvalue weighted by molar-refractivity contribution is -0.224. The normalized spacial score (nSPS) is 24.7. The number of carbonyl (C=O) groups is 2. The Balaban J connectivity index is 1.88. The predicted molar refractivity (Wildman–Crippen MR) is 92.5 cm³/mol. The van der Waals surface area contributed by atoms with Gasteiger partial charge in [-0.05, 0) is 24.6 Å². The zero-order chi connectivity index (χ0) is 19.4. The number of rotatable bonds is 4. The van der Waals surface area contributed by atoms with Crippen LogP contribution in [0.1, 0.15) is 34.0 Å². The molecule has 7 nitrogen and oxygen atoms in total. The molecule has 2 aromatic carbocycles.